The van der Waals surface area contributed by atoms with Gasteiger partial charge in [0.15, 0.2) is 0 Å². The molecule has 1 aromatic heterocycles. The zero-order valence-corrected chi connectivity index (χ0v) is 12.7. The second-order valence-electron chi connectivity index (χ2n) is 5.22. The molecule has 0 radical (unpaired) electrons. The van der Waals surface area contributed by atoms with Crippen molar-refractivity contribution in [3.05, 3.63) is 36.2 Å². The third-order valence-corrected chi connectivity index (χ3v) is 3.81. The van der Waals surface area contributed by atoms with Crippen LogP contribution >= 0.6 is 12.4 Å². The summed E-state index contributed by atoms with van der Waals surface area (Å²) in [4.78, 5) is 20.8. The highest BCUT2D eigenvalue weighted by Crippen LogP contribution is 2.13. The predicted molar refractivity (Wildman–Crippen MR) is 84.7 cm³/mol. The van der Waals surface area contributed by atoms with E-state index in [2.05, 4.69) is 27.5 Å². The summed E-state index contributed by atoms with van der Waals surface area (Å²) in [6.07, 6.45) is 5.40. The number of amides is 1. The van der Waals surface area contributed by atoms with Crippen molar-refractivity contribution in [3.63, 3.8) is 0 Å². The van der Waals surface area contributed by atoms with Crippen LogP contribution < -0.4 is 10.6 Å². The molecule has 0 saturated carbocycles. The summed E-state index contributed by atoms with van der Waals surface area (Å²) < 4.78 is 0. The first-order valence-electron chi connectivity index (χ1n) is 6.99. The number of rotatable bonds is 2. The lowest BCUT2D eigenvalue weighted by Crippen LogP contribution is -2.51. The van der Waals surface area contributed by atoms with Crippen LogP contribution in [0, 0.1) is 0 Å². The molecular weight excluding hydrogens is 288 g/mol. The number of hydrogen-bond acceptors (Lipinski definition) is 4. The van der Waals surface area contributed by atoms with Gasteiger partial charge in [-0.05, 0) is 44.5 Å². The minimum absolute atomic E-state index is 0. The van der Waals surface area contributed by atoms with E-state index in [1.165, 1.54) is 0 Å². The van der Waals surface area contributed by atoms with E-state index in [4.69, 9.17) is 0 Å². The third kappa shape index (κ3) is 3.49. The van der Waals surface area contributed by atoms with E-state index < -0.39 is 0 Å². The lowest BCUT2D eigenvalue weighted by atomic mass is 9.99. The van der Waals surface area contributed by atoms with Crippen LogP contribution in [0.4, 0.5) is 0 Å². The zero-order valence-electron chi connectivity index (χ0n) is 11.9. The van der Waals surface area contributed by atoms with Crippen molar-refractivity contribution in [2.24, 2.45) is 0 Å². The van der Waals surface area contributed by atoms with E-state index in [1.807, 2.05) is 6.07 Å². The molecular formula is C15H19ClN4O. The molecule has 6 heteroatoms. The minimum Gasteiger partial charge on any atom is -0.348 e. The van der Waals surface area contributed by atoms with Gasteiger partial charge in [-0.3, -0.25) is 14.8 Å². The molecule has 21 heavy (non-hydrogen) atoms. The standard InChI is InChI=1S/C15H18N4O.ClH/c1-10-12(3-2-6-16-10)19-15(20)11-4-5-13-14(9-11)18-8-7-17-13;/h4-5,7-10,12,16H,2-3,6H2,1H3,(H,19,20);1H. The van der Waals surface area contributed by atoms with Crippen molar-refractivity contribution in [1.82, 2.24) is 20.6 Å². The maximum Gasteiger partial charge on any atom is 0.251 e. The maximum atomic E-state index is 12.3. The largest absolute Gasteiger partial charge is 0.348 e. The number of piperidine rings is 1. The second-order valence-corrected chi connectivity index (χ2v) is 5.22. The quantitative estimate of drug-likeness (QED) is 0.889. The smallest absolute Gasteiger partial charge is 0.251 e. The van der Waals surface area contributed by atoms with Crippen molar-refractivity contribution in [1.29, 1.82) is 0 Å². The molecule has 2 heterocycles. The van der Waals surface area contributed by atoms with Crippen LogP contribution in [0.2, 0.25) is 0 Å². The van der Waals surface area contributed by atoms with Crippen molar-refractivity contribution >= 4 is 29.3 Å². The van der Waals surface area contributed by atoms with Crippen LogP contribution in [0.15, 0.2) is 30.6 Å². The highest BCUT2D eigenvalue weighted by Gasteiger charge is 2.22. The number of carbonyl (C=O) groups excluding carboxylic acids is 1. The fraction of sp³-hybridized carbons (Fsp3) is 0.400. The Kier molecular flexibility index (Phi) is 5.09. The normalized spacial score (nSPS) is 21.6. The number of benzene rings is 1. The summed E-state index contributed by atoms with van der Waals surface area (Å²) in [6, 6.07) is 5.92. The van der Waals surface area contributed by atoms with E-state index in [0.717, 1.165) is 30.4 Å². The van der Waals surface area contributed by atoms with Crippen LogP contribution in [-0.4, -0.2) is 34.5 Å². The topological polar surface area (TPSA) is 66.9 Å². The van der Waals surface area contributed by atoms with Gasteiger partial charge < -0.3 is 10.6 Å². The molecule has 112 valence electrons. The van der Waals surface area contributed by atoms with Crippen molar-refractivity contribution < 1.29 is 4.79 Å². The van der Waals surface area contributed by atoms with Crippen LogP contribution in [0.25, 0.3) is 11.0 Å². The molecule has 2 aromatic rings. The lowest BCUT2D eigenvalue weighted by Gasteiger charge is -2.30. The van der Waals surface area contributed by atoms with E-state index in [1.54, 1.807) is 24.5 Å². The molecule has 1 amide bonds. The Morgan fingerprint density at radius 3 is 2.81 bits per heavy atom. The number of fused-ring (bicyclic) bond motifs is 1. The first-order valence-corrected chi connectivity index (χ1v) is 6.99. The highest BCUT2D eigenvalue weighted by molar-refractivity contribution is 5.97. The molecule has 1 aromatic carbocycles. The molecule has 0 bridgehead atoms. The van der Waals surface area contributed by atoms with E-state index in [0.29, 0.717) is 11.6 Å². The fourth-order valence-electron chi connectivity index (χ4n) is 2.60. The Balaban J connectivity index is 0.00000161. The van der Waals surface area contributed by atoms with Gasteiger partial charge in [0, 0.05) is 30.0 Å². The van der Waals surface area contributed by atoms with Gasteiger partial charge in [-0.2, -0.15) is 0 Å². The number of carbonyl (C=O) groups is 1. The third-order valence-electron chi connectivity index (χ3n) is 3.81. The molecule has 1 aliphatic heterocycles. The number of aromatic nitrogens is 2. The van der Waals surface area contributed by atoms with Crippen LogP contribution in [0.1, 0.15) is 30.1 Å². The first-order chi connectivity index (χ1) is 9.74. The summed E-state index contributed by atoms with van der Waals surface area (Å²) >= 11 is 0. The highest BCUT2D eigenvalue weighted by atomic mass is 35.5. The second kappa shape index (κ2) is 6.83. The molecule has 2 N–H and O–H groups in total. The van der Waals surface area contributed by atoms with Gasteiger partial charge in [0.1, 0.15) is 0 Å². The minimum atomic E-state index is -0.0434. The average Bonchev–Trinajstić information content (AvgIpc) is 2.49. The molecule has 2 atom stereocenters. The van der Waals surface area contributed by atoms with Gasteiger partial charge in [-0.1, -0.05) is 0 Å². The molecule has 5 nitrogen and oxygen atoms in total. The molecule has 0 spiro atoms. The molecule has 2 unspecified atom stereocenters. The van der Waals surface area contributed by atoms with Crippen molar-refractivity contribution in [2.75, 3.05) is 6.54 Å². The van der Waals surface area contributed by atoms with Gasteiger partial charge in [-0.15, -0.1) is 12.4 Å². The molecule has 0 aliphatic carbocycles. The number of hydrogen-bond donors (Lipinski definition) is 2. The Morgan fingerprint density at radius 2 is 2.05 bits per heavy atom. The number of halogens is 1. The first kappa shape index (κ1) is 15.7. The van der Waals surface area contributed by atoms with Gasteiger partial charge >= 0.3 is 0 Å². The molecule has 1 fully saturated rings. The predicted octanol–water partition coefficient (Wildman–Crippen LogP) is 1.92. The van der Waals surface area contributed by atoms with E-state index >= 15 is 0 Å². The zero-order chi connectivity index (χ0) is 13.9. The summed E-state index contributed by atoms with van der Waals surface area (Å²) in [6.45, 7) is 3.13. The van der Waals surface area contributed by atoms with Gasteiger partial charge in [-0.25, -0.2) is 0 Å². The lowest BCUT2D eigenvalue weighted by molar-refractivity contribution is 0.0920. The van der Waals surface area contributed by atoms with E-state index in [-0.39, 0.29) is 24.4 Å². The maximum absolute atomic E-state index is 12.3. The molecule has 1 aliphatic rings. The summed E-state index contributed by atoms with van der Waals surface area (Å²) in [7, 11) is 0. The number of nitrogens with one attached hydrogen (secondary N) is 2. The Labute approximate surface area is 130 Å². The Morgan fingerprint density at radius 1 is 1.29 bits per heavy atom. The van der Waals surface area contributed by atoms with Crippen molar-refractivity contribution in [2.45, 2.75) is 31.8 Å². The summed E-state index contributed by atoms with van der Waals surface area (Å²) in [5.74, 6) is -0.0434. The van der Waals surface area contributed by atoms with E-state index in [9.17, 15) is 4.79 Å². The van der Waals surface area contributed by atoms with Gasteiger partial charge in [0.05, 0.1) is 11.0 Å². The van der Waals surface area contributed by atoms with Crippen molar-refractivity contribution in [3.8, 4) is 0 Å². The van der Waals surface area contributed by atoms with Crippen LogP contribution in [0.5, 0.6) is 0 Å². The Bertz CT molecular complexity index is 634. The summed E-state index contributed by atoms with van der Waals surface area (Å²) in [5.41, 5.74) is 2.18. The fourth-order valence-corrected chi connectivity index (χ4v) is 2.60. The summed E-state index contributed by atoms with van der Waals surface area (Å²) in [5, 5.41) is 6.48. The van der Waals surface area contributed by atoms with Crippen LogP contribution in [0.3, 0.4) is 0 Å². The molecule has 3 rings (SSSR count). The molecule has 1 saturated heterocycles. The van der Waals surface area contributed by atoms with Gasteiger partial charge in [0.25, 0.3) is 5.91 Å². The van der Waals surface area contributed by atoms with Gasteiger partial charge in [0.2, 0.25) is 0 Å². The number of nitrogens with zero attached hydrogens (tertiary/aromatic N) is 2. The SMILES string of the molecule is CC1NCCCC1NC(=O)c1ccc2nccnc2c1.Cl. The monoisotopic (exact) mass is 306 g/mol. The Hall–Kier alpha value is -1.72. The van der Waals surface area contributed by atoms with Crippen LogP contribution in [-0.2, 0) is 0 Å². The average molecular weight is 307 g/mol.